The van der Waals surface area contributed by atoms with E-state index >= 15 is 0 Å². The van der Waals surface area contributed by atoms with E-state index in [0.29, 0.717) is 23.8 Å². The van der Waals surface area contributed by atoms with E-state index in [-0.39, 0.29) is 41.7 Å². The van der Waals surface area contributed by atoms with Crippen LogP contribution in [0.2, 0.25) is 0 Å². The Morgan fingerprint density at radius 3 is 2.61 bits per heavy atom. The minimum Gasteiger partial charge on any atom is -0.351 e. The lowest BCUT2D eigenvalue weighted by Crippen LogP contribution is -2.45. The predicted octanol–water partition coefficient (Wildman–Crippen LogP) is 0.523. The van der Waals surface area contributed by atoms with Crippen LogP contribution >= 0.6 is 11.8 Å². The summed E-state index contributed by atoms with van der Waals surface area (Å²) in [4.78, 5) is 26.2. The van der Waals surface area contributed by atoms with Gasteiger partial charge in [0.15, 0.2) is 15.7 Å². The van der Waals surface area contributed by atoms with Crippen LogP contribution in [0.4, 0.5) is 0 Å². The molecule has 1 atom stereocenters. The third-order valence-electron chi connectivity index (χ3n) is 4.86. The fourth-order valence-corrected chi connectivity index (χ4v) is 5.71. The molecule has 3 rings (SSSR count). The molecule has 1 aliphatic heterocycles. The van der Waals surface area contributed by atoms with Gasteiger partial charge in [0.2, 0.25) is 11.8 Å². The largest absolute Gasteiger partial charge is 0.351 e. The van der Waals surface area contributed by atoms with Crippen molar-refractivity contribution in [3.8, 4) is 5.82 Å². The van der Waals surface area contributed by atoms with Crippen molar-refractivity contribution >= 4 is 33.4 Å². The molecule has 0 bridgehead atoms. The van der Waals surface area contributed by atoms with Crippen LogP contribution < -0.4 is 5.32 Å². The molecule has 0 aliphatic carbocycles. The number of aryl methyl sites for hydroxylation is 2. The number of hydrogen-bond donors (Lipinski definition) is 1. The number of carbonyl (C=O) groups excluding carboxylic acids is 2. The molecule has 2 amide bonds. The summed E-state index contributed by atoms with van der Waals surface area (Å²) in [5.41, 5.74) is 1.84. The fraction of sp³-hybridized carbons (Fsp3) is 0.526. The monoisotopic (exact) mass is 466 g/mol. The zero-order chi connectivity index (χ0) is 22.6. The average Bonchev–Trinajstić information content (AvgIpc) is 3.24. The second-order valence-electron chi connectivity index (χ2n) is 7.43. The van der Waals surface area contributed by atoms with Crippen LogP contribution in [0, 0.1) is 13.8 Å². The highest BCUT2D eigenvalue weighted by Gasteiger charge is 2.29. The van der Waals surface area contributed by atoms with Gasteiger partial charge in [0.05, 0.1) is 29.5 Å². The standard InChI is InChI=1S/C19H26N6O4S2/c1-4-24(10-17(26)20-15-7-8-31(28,29)12-15)19(27)11-30-18-6-5-16(21-22-18)25-14(3)9-13(2)23-25/h5-6,9,15H,4,7-8,10-12H2,1-3H3,(H,20,26)/t15-/m0/s1. The van der Waals surface area contributed by atoms with Crippen LogP contribution in [0.1, 0.15) is 24.7 Å². The summed E-state index contributed by atoms with van der Waals surface area (Å²) in [6.45, 7) is 5.90. The van der Waals surface area contributed by atoms with Crippen molar-refractivity contribution in [1.82, 2.24) is 30.2 Å². The first kappa shape index (κ1) is 23.2. The molecule has 10 nitrogen and oxygen atoms in total. The summed E-state index contributed by atoms with van der Waals surface area (Å²) in [5, 5.41) is 16.0. The number of aromatic nitrogens is 4. The van der Waals surface area contributed by atoms with Gasteiger partial charge in [-0.2, -0.15) is 5.10 Å². The van der Waals surface area contributed by atoms with Crippen molar-refractivity contribution in [2.45, 2.75) is 38.3 Å². The molecule has 0 spiro atoms. The van der Waals surface area contributed by atoms with E-state index in [4.69, 9.17) is 0 Å². The van der Waals surface area contributed by atoms with Crippen LogP contribution in [0.3, 0.4) is 0 Å². The zero-order valence-corrected chi connectivity index (χ0v) is 19.4. The number of hydrogen-bond acceptors (Lipinski definition) is 8. The molecule has 1 saturated heterocycles. The van der Waals surface area contributed by atoms with E-state index in [0.717, 1.165) is 11.4 Å². The highest BCUT2D eigenvalue weighted by Crippen LogP contribution is 2.17. The molecule has 2 aromatic rings. The van der Waals surface area contributed by atoms with E-state index in [1.165, 1.54) is 16.7 Å². The summed E-state index contributed by atoms with van der Waals surface area (Å²) < 4.78 is 24.7. The summed E-state index contributed by atoms with van der Waals surface area (Å²) in [6, 6.07) is 5.14. The van der Waals surface area contributed by atoms with Crippen LogP contribution in [0.5, 0.6) is 0 Å². The van der Waals surface area contributed by atoms with Gasteiger partial charge in [-0.1, -0.05) is 11.8 Å². The van der Waals surface area contributed by atoms with Crippen molar-refractivity contribution in [2.75, 3.05) is 30.3 Å². The van der Waals surface area contributed by atoms with Crippen LogP contribution in [-0.4, -0.2) is 81.5 Å². The Kier molecular flexibility index (Phi) is 7.31. The number of likely N-dealkylation sites (N-methyl/N-ethyl adjacent to an activating group) is 1. The minimum absolute atomic E-state index is 0.0407. The molecule has 1 aliphatic rings. The number of thioether (sulfide) groups is 1. The predicted molar refractivity (Wildman–Crippen MR) is 117 cm³/mol. The molecule has 0 aromatic carbocycles. The smallest absolute Gasteiger partial charge is 0.239 e. The lowest BCUT2D eigenvalue weighted by atomic mass is 10.2. The van der Waals surface area contributed by atoms with Gasteiger partial charge in [-0.3, -0.25) is 9.59 Å². The van der Waals surface area contributed by atoms with E-state index in [2.05, 4.69) is 20.6 Å². The van der Waals surface area contributed by atoms with Gasteiger partial charge in [0, 0.05) is 18.3 Å². The lowest BCUT2D eigenvalue weighted by molar-refractivity contribution is -0.134. The van der Waals surface area contributed by atoms with E-state index < -0.39 is 9.84 Å². The normalized spacial score (nSPS) is 17.5. The second-order valence-corrected chi connectivity index (χ2v) is 10.7. The molecule has 12 heteroatoms. The highest BCUT2D eigenvalue weighted by atomic mass is 32.2. The molecule has 3 heterocycles. The van der Waals surface area contributed by atoms with Crippen LogP contribution in [-0.2, 0) is 19.4 Å². The molecule has 0 radical (unpaired) electrons. The number of sulfone groups is 1. The minimum atomic E-state index is -3.07. The van der Waals surface area contributed by atoms with E-state index in [9.17, 15) is 18.0 Å². The molecule has 0 unspecified atom stereocenters. The van der Waals surface area contributed by atoms with E-state index in [1.807, 2.05) is 19.9 Å². The molecule has 2 aromatic heterocycles. The summed E-state index contributed by atoms with van der Waals surface area (Å²) in [5.74, 6) is 0.211. The fourth-order valence-electron chi connectivity index (χ4n) is 3.32. The number of nitrogens with zero attached hydrogens (tertiary/aromatic N) is 5. The average molecular weight is 467 g/mol. The third kappa shape index (κ3) is 6.26. The third-order valence-corrected chi connectivity index (χ3v) is 7.54. The van der Waals surface area contributed by atoms with Gasteiger partial charge in [0.25, 0.3) is 0 Å². The molecular weight excluding hydrogens is 440 g/mol. The van der Waals surface area contributed by atoms with E-state index in [1.54, 1.807) is 23.7 Å². The second kappa shape index (κ2) is 9.77. The van der Waals surface area contributed by atoms with Gasteiger partial charge >= 0.3 is 0 Å². The SMILES string of the molecule is CCN(CC(=O)N[C@H]1CCS(=O)(=O)C1)C(=O)CSc1ccc(-n2nc(C)cc2C)nn1. The maximum Gasteiger partial charge on any atom is 0.239 e. The first-order chi connectivity index (χ1) is 14.7. The molecule has 31 heavy (non-hydrogen) atoms. The molecule has 168 valence electrons. The maximum absolute atomic E-state index is 12.5. The van der Waals surface area contributed by atoms with Crippen molar-refractivity contribution in [2.24, 2.45) is 0 Å². The van der Waals surface area contributed by atoms with Crippen molar-refractivity contribution in [3.63, 3.8) is 0 Å². The van der Waals surface area contributed by atoms with Crippen molar-refractivity contribution in [1.29, 1.82) is 0 Å². The number of amides is 2. The van der Waals surface area contributed by atoms with Gasteiger partial charge in [-0.05, 0) is 45.4 Å². The van der Waals surface area contributed by atoms with Gasteiger partial charge in [0.1, 0.15) is 5.03 Å². The van der Waals surface area contributed by atoms with Crippen LogP contribution in [0.15, 0.2) is 23.2 Å². The van der Waals surface area contributed by atoms with Gasteiger partial charge in [-0.15, -0.1) is 10.2 Å². The summed E-state index contributed by atoms with van der Waals surface area (Å²) >= 11 is 1.24. The Morgan fingerprint density at radius 2 is 2.06 bits per heavy atom. The first-order valence-electron chi connectivity index (χ1n) is 9.94. The maximum atomic E-state index is 12.5. The van der Waals surface area contributed by atoms with Gasteiger partial charge < -0.3 is 10.2 Å². The quantitative estimate of drug-likeness (QED) is 0.558. The Hall–Kier alpha value is -2.47. The number of rotatable bonds is 8. The van der Waals surface area contributed by atoms with Gasteiger partial charge in [-0.25, -0.2) is 13.1 Å². The number of carbonyl (C=O) groups is 2. The number of nitrogens with one attached hydrogen (secondary N) is 1. The highest BCUT2D eigenvalue weighted by molar-refractivity contribution is 7.99. The molecule has 1 N–H and O–H groups in total. The lowest BCUT2D eigenvalue weighted by Gasteiger charge is -2.21. The Morgan fingerprint density at radius 1 is 1.29 bits per heavy atom. The zero-order valence-electron chi connectivity index (χ0n) is 17.7. The Bertz CT molecular complexity index is 1050. The topological polar surface area (TPSA) is 127 Å². The molecule has 0 saturated carbocycles. The summed E-state index contributed by atoms with van der Waals surface area (Å²) in [6.07, 6.45) is 0.413. The molecule has 1 fully saturated rings. The molecular formula is C19H26N6O4S2. The van der Waals surface area contributed by atoms with Crippen molar-refractivity contribution < 1.29 is 18.0 Å². The summed E-state index contributed by atoms with van der Waals surface area (Å²) in [7, 11) is -3.07. The van der Waals surface area contributed by atoms with Crippen molar-refractivity contribution in [3.05, 3.63) is 29.6 Å². The first-order valence-corrected chi connectivity index (χ1v) is 12.8. The Balaban J connectivity index is 1.50. The Labute approximate surface area is 185 Å². The van der Waals surface area contributed by atoms with Crippen LogP contribution in [0.25, 0.3) is 5.82 Å².